The number of hydrogen-bond acceptors (Lipinski definition) is 5. The molecule has 0 saturated carbocycles. The summed E-state index contributed by atoms with van der Waals surface area (Å²) in [7, 11) is 0. The highest BCUT2D eigenvalue weighted by Gasteiger charge is 2.37. The summed E-state index contributed by atoms with van der Waals surface area (Å²) in [6, 6.07) is 14.7. The highest BCUT2D eigenvalue weighted by atomic mass is 19.1. The van der Waals surface area contributed by atoms with Crippen LogP contribution in [0.5, 0.6) is 0 Å². The quantitative estimate of drug-likeness (QED) is 0.469. The predicted molar refractivity (Wildman–Crippen MR) is 121 cm³/mol. The highest BCUT2D eigenvalue weighted by molar-refractivity contribution is 5.84. The van der Waals surface area contributed by atoms with Gasteiger partial charge in [-0.15, -0.1) is 5.10 Å². The van der Waals surface area contributed by atoms with Gasteiger partial charge in [-0.25, -0.2) is 13.9 Å². The van der Waals surface area contributed by atoms with Gasteiger partial charge in [0.05, 0.1) is 35.0 Å². The molecule has 1 fully saturated rings. The second-order valence-electron chi connectivity index (χ2n) is 9.25. The molecular formula is C24H25FN6O2. The molecule has 0 aliphatic carbocycles. The zero-order valence-electron chi connectivity index (χ0n) is 18.8. The Hall–Kier alpha value is -3.75. The molecule has 4 aromatic rings. The fourth-order valence-corrected chi connectivity index (χ4v) is 3.98. The van der Waals surface area contributed by atoms with Gasteiger partial charge < -0.3 is 9.64 Å². The Morgan fingerprint density at radius 1 is 1.12 bits per heavy atom. The minimum Gasteiger partial charge on any atom is -0.444 e. The van der Waals surface area contributed by atoms with Gasteiger partial charge in [-0.1, -0.05) is 29.5 Å². The highest BCUT2D eigenvalue weighted by Crippen LogP contribution is 2.34. The SMILES string of the molecule is CC(C)(C)OC(=O)N1CC(c2nn(Cc3cn(-c4ccccc4)nn3)c3cccc(F)c23)C1. The molecule has 0 unspecified atom stereocenters. The summed E-state index contributed by atoms with van der Waals surface area (Å²) in [5.41, 5.74) is 2.40. The van der Waals surface area contributed by atoms with Crippen molar-refractivity contribution in [2.75, 3.05) is 13.1 Å². The summed E-state index contributed by atoms with van der Waals surface area (Å²) in [5.74, 6) is -0.379. The summed E-state index contributed by atoms with van der Waals surface area (Å²) in [6.07, 6.45) is 1.48. The van der Waals surface area contributed by atoms with Crippen molar-refractivity contribution in [3.05, 3.63) is 71.9 Å². The van der Waals surface area contributed by atoms with Gasteiger partial charge in [0.15, 0.2) is 0 Å². The third-order valence-electron chi connectivity index (χ3n) is 5.55. The zero-order valence-corrected chi connectivity index (χ0v) is 18.8. The van der Waals surface area contributed by atoms with Crippen molar-refractivity contribution in [2.45, 2.75) is 38.8 Å². The lowest BCUT2D eigenvalue weighted by atomic mass is 9.94. The van der Waals surface area contributed by atoms with Gasteiger partial charge in [0.2, 0.25) is 0 Å². The number of ether oxygens (including phenoxy) is 1. The van der Waals surface area contributed by atoms with Crippen LogP contribution in [0.2, 0.25) is 0 Å². The van der Waals surface area contributed by atoms with E-state index in [1.54, 1.807) is 20.3 Å². The maximum Gasteiger partial charge on any atom is 0.410 e. The molecule has 0 N–H and O–H groups in total. The van der Waals surface area contributed by atoms with E-state index in [0.29, 0.717) is 41.9 Å². The van der Waals surface area contributed by atoms with Crippen LogP contribution in [0.3, 0.4) is 0 Å². The topological polar surface area (TPSA) is 78.1 Å². The van der Waals surface area contributed by atoms with E-state index >= 15 is 0 Å². The molecule has 9 heteroatoms. The molecule has 0 atom stereocenters. The minimum absolute atomic E-state index is 0.0573. The van der Waals surface area contributed by atoms with Crippen LogP contribution in [0, 0.1) is 5.82 Å². The average Bonchev–Trinajstić information content (AvgIpc) is 3.33. The number of rotatable bonds is 4. The standard InChI is InChI=1S/C24H25FN6O2/c1-24(2,3)33-23(32)29-12-16(13-29)22-21-19(25)10-7-11-20(21)31(27-22)15-17-14-30(28-26-17)18-8-5-4-6-9-18/h4-11,14,16H,12-13,15H2,1-3H3. The van der Waals surface area contributed by atoms with E-state index in [1.165, 1.54) is 6.07 Å². The summed E-state index contributed by atoms with van der Waals surface area (Å²) < 4.78 is 23.7. The van der Waals surface area contributed by atoms with Crippen LogP contribution in [0.15, 0.2) is 54.7 Å². The molecule has 1 saturated heterocycles. The van der Waals surface area contributed by atoms with E-state index in [1.807, 2.05) is 63.4 Å². The molecule has 33 heavy (non-hydrogen) atoms. The molecule has 1 amide bonds. The Bertz CT molecular complexity index is 1300. The molecule has 2 aromatic heterocycles. The molecule has 0 bridgehead atoms. The van der Waals surface area contributed by atoms with Crippen LogP contribution >= 0.6 is 0 Å². The molecule has 0 radical (unpaired) electrons. The first-order valence-corrected chi connectivity index (χ1v) is 10.9. The monoisotopic (exact) mass is 448 g/mol. The Morgan fingerprint density at radius 2 is 1.88 bits per heavy atom. The van der Waals surface area contributed by atoms with E-state index in [-0.39, 0.29) is 17.8 Å². The summed E-state index contributed by atoms with van der Waals surface area (Å²) in [5, 5.41) is 13.7. The van der Waals surface area contributed by atoms with Gasteiger partial charge in [0, 0.05) is 19.0 Å². The molecular weight excluding hydrogens is 423 g/mol. The van der Waals surface area contributed by atoms with E-state index < -0.39 is 5.60 Å². The van der Waals surface area contributed by atoms with Crippen molar-refractivity contribution in [1.82, 2.24) is 29.7 Å². The Morgan fingerprint density at radius 3 is 2.61 bits per heavy atom. The molecule has 1 aliphatic heterocycles. The Kier molecular flexibility index (Phi) is 5.11. The van der Waals surface area contributed by atoms with Gasteiger partial charge in [-0.2, -0.15) is 5.10 Å². The maximum atomic E-state index is 14.8. The number of hydrogen-bond donors (Lipinski definition) is 0. The normalized spacial score (nSPS) is 14.5. The van der Waals surface area contributed by atoms with E-state index in [0.717, 1.165) is 5.69 Å². The molecule has 170 valence electrons. The van der Waals surface area contributed by atoms with Crippen molar-refractivity contribution in [3.8, 4) is 5.69 Å². The van der Waals surface area contributed by atoms with Gasteiger partial charge in [0.25, 0.3) is 0 Å². The summed E-state index contributed by atoms with van der Waals surface area (Å²) in [4.78, 5) is 13.9. The number of likely N-dealkylation sites (tertiary alicyclic amines) is 1. The number of carbonyl (C=O) groups excluding carboxylic acids is 1. The number of benzene rings is 2. The second-order valence-corrected chi connectivity index (χ2v) is 9.25. The second kappa shape index (κ2) is 7.99. The lowest BCUT2D eigenvalue weighted by molar-refractivity contribution is 0.00792. The largest absolute Gasteiger partial charge is 0.444 e. The lowest BCUT2D eigenvalue weighted by Crippen LogP contribution is -2.50. The molecule has 3 heterocycles. The third kappa shape index (κ3) is 4.18. The van der Waals surface area contributed by atoms with Crippen LogP contribution < -0.4 is 0 Å². The van der Waals surface area contributed by atoms with E-state index in [2.05, 4.69) is 10.3 Å². The van der Waals surface area contributed by atoms with Gasteiger partial charge in [-0.05, 0) is 45.0 Å². The van der Waals surface area contributed by atoms with E-state index in [9.17, 15) is 9.18 Å². The first-order chi connectivity index (χ1) is 15.8. The molecule has 5 rings (SSSR count). The molecule has 2 aromatic carbocycles. The van der Waals surface area contributed by atoms with Gasteiger partial charge in [-0.3, -0.25) is 4.68 Å². The van der Waals surface area contributed by atoms with Crippen LogP contribution in [-0.2, 0) is 11.3 Å². The molecule has 0 spiro atoms. The fourth-order valence-electron chi connectivity index (χ4n) is 3.98. The molecule has 1 aliphatic rings. The smallest absolute Gasteiger partial charge is 0.410 e. The zero-order chi connectivity index (χ0) is 23.2. The van der Waals surface area contributed by atoms with Crippen molar-refractivity contribution in [1.29, 1.82) is 0 Å². The van der Waals surface area contributed by atoms with Gasteiger partial charge >= 0.3 is 6.09 Å². The van der Waals surface area contributed by atoms with Crippen molar-refractivity contribution < 1.29 is 13.9 Å². The van der Waals surface area contributed by atoms with Crippen molar-refractivity contribution in [3.63, 3.8) is 0 Å². The first-order valence-electron chi connectivity index (χ1n) is 10.9. The first kappa shape index (κ1) is 21.1. The Balaban J connectivity index is 1.39. The number of nitrogens with zero attached hydrogens (tertiary/aromatic N) is 6. The summed E-state index contributed by atoms with van der Waals surface area (Å²) >= 11 is 0. The minimum atomic E-state index is -0.556. The van der Waals surface area contributed by atoms with Crippen LogP contribution in [0.4, 0.5) is 9.18 Å². The number of amides is 1. The number of fused-ring (bicyclic) bond motifs is 1. The number of halogens is 1. The lowest BCUT2D eigenvalue weighted by Gasteiger charge is -2.39. The number of carbonyl (C=O) groups is 1. The van der Waals surface area contributed by atoms with Crippen LogP contribution in [0.1, 0.15) is 38.1 Å². The van der Waals surface area contributed by atoms with Crippen molar-refractivity contribution in [2.24, 2.45) is 0 Å². The average molecular weight is 449 g/mol. The van der Waals surface area contributed by atoms with E-state index in [4.69, 9.17) is 9.84 Å². The van der Waals surface area contributed by atoms with Crippen LogP contribution in [-0.4, -0.2) is 54.5 Å². The maximum absolute atomic E-state index is 14.8. The number of aromatic nitrogens is 5. The Labute approximate surface area is 190 Å². The summed E-state index contributed by atoms with van der Waals surface area (Å²) in [6.45, 7) is 6.75. The number of para-hydroxylation sites is 1. The molecule has 8 nitrogen and oxygen atoms in total. The van der Waals surface area contributed by atoms with Gasteiger partial charge in [0.1, 0.15) is 17.1 Å². The predicted octanol–water partition coefficient (Wildman–Crippen LogP) is 4.14. The fraction of sp³-hybridized carbons (Fsp3) is 0.333. The third-order valence-corrected chi connectivity index (χ3v) is 5.55. The van der Waals surface area contributed by atoms with Crippen LogP contribution in [0.25, 0.3) is 16.6 Å². The van der Waals surface area contributed by atoms with Crippen molar-refractivity contribution >= 4 is 17.0 Å².